The number of aromatic nitrogens is 1. The van der Waals surface area contributed by atoms with Gasteiger partial charge in [0.15, 0.2) is 17.9 Å². The number of fused-ring (bicyclic) bond motifs is 1. The monoisotopic (exact) mass is 1500 g/mol. The zero-order valence-electron chi connectivity index (χ0n) is 60.9. The first-order chi connectivity index (χ1) is 51.5. The summed E-state index contributed by atoms with van der Waals surface area (Å²) in [6.07, 6.45) is 2.24. The number of phenols is 1. The van der Waals surface area contributed by atoms with Gasteiger partial charge >= 0.3 is 0 Å². The molecule has 37 heteroatoms. The van der Waals surface area contributed by atoms with Crippen LogP contribution in [0.1, 0.15) is 114 Å². The van der Waals surface area contributed by atoms with Crippen LogP contribution in [0.15, 0.2) is 100 Å². The number of benzene rings is 3. The molecule has 1 aromatic heterocycles. The lowest BCUT2D eigenvalue weighted by Gasteiger charge is -2.32. The van der Waals surface area contributed by atoms with Gasteiger partial charge in [0.2, 0.25) is 70.9 Å². The molecule has 30 N–H and O–H groups in total. The Bertz CT molecular complexity index is 3820. The number of rotatable bonds is 38. The molecule has 0 saturated carbocycles. The van der Waals surface area contributed by atoms with Crippen LogP contribution in [-0.4, -0.2) is 209 Å². The third-order valence-corrected chi connectivity index (χ3v) is 18.5. The zero-order valence-corrected chi connectivity index (χ0v) is 60.9. The molecule has 3 heterocycles. The fourth-order valence-electron chi connectivity index (χ4n) is 12.4. The van der Waals surface area contributed by atoms with Crippen LogP contribution in [0, 0.1) is 5.92 Å². The maximum absolute atomic E-state index is 15.1. The molecule has 0 unspecified atom stereocenters. The Labute approximate surface area is 625 Å². The van der Waals surface area contributed by atoms with E-state index < -0.39 is 156 Å². The Morgan fingerprint density at radius 3 is 1.78 bits per heavy atom. The Hall–Kier alpha value is -11.6. The number of H-pyrrole nitrogens is 1. The minimum absolute atomic E-state index is 0.00185. The highest BCUT2D eigenvalue weighted by Crippen LogP contribution is 2.23. The quantitative estimate of drug-likeness (QED) is 0.0113. The standard InChI is InChI=1S/C71H106N24O13/c1-3-39(2)57(67(107)89-50(22-13-31-83-71(79)80)68(108)95-32-14-23-55(95)66(106)86-47(58(74)98)19-9-10-28-72)94-61(101)49(21-12-30-82-70(77)78)87-60(100)48(20-11-29-81-69(75)76)88-65(105)54-38-85-56(97)36-53(90-59(99)45(73)33-41-24-26-43(96)27-25-41)64(104)92-52(35-42-37-84-46-18-8-7-17-44(42)46)63(103)91-51(62(102)93-54)34-40-15-5-4-6-16-40/h4-8,15-18,24-27,37,39,45,47-55,57,84,96H,3,9-14,19-23,28-36,38,72-73H2,1-2H3,(H2,74,98)(H,85,97)(H,86,106)(H,87,100)(H,88,105)(H,89,107)(H,90,99)(H,91,103)(H,92,104)(H,93,102)(H,94,101)(H4,75,76,81)(H4,77,78,82)(H4,79,80,83)/t39-,45-,47-,48-,49-,50-,51-,52+,53+,54-,55-,57-/m0/s1. The minimum Gasteiger partial charge on any atom is -0.508 e. The molecule has 2 aliphatic heterocycles. The van der Waals surface area contributed by atoms with Crippen molar-refractivity contribution in [2.45, 2.75) is 183 Å². The summed E-state index contributed by atoms with van der Waals surface area (Å²) >= 11 is 0. The second kappa shape index (κ2) is 43.1. The second-order valence-electron chi connectivity index (χ2n) is 26.8. The van der Waals surface area contributed by atoms with Crippen LogP contribution in [0.3, 0.4) is 0 Å². The number of nitrogens with zero attached hydrogens (tertiary/aromatic N) is 4. The fraction of sp³-hybridized carbons (Fsp3) is 0.507. The van der Waals surface area contributed by atoms with Gasteiger partial charge in [0.25, 0.3) is 0 Å². The highest BCUT2D eigenvalue weighted by molar-refractivity contribution is 6.01. The number of hydrogen-bond acceptors (Lipinski definition) is 18. The largest absolute Gasteiger partial charge is 0.508 e. The molecular formula is C71H106N24O13. The van der Waals surface area contributed by atoms with Crippen molar-refractivity contribution >= 4 is 99.7 Å². The smallest absolute Gasteiger partial charge is 0.245 e. The molecule has 3 aromatic carbocycles. The van der Waals surface area contributed by atoms with Gasteiger partial charge in [0, 0.05) is 62.7 Å². The maximum atomic E-state index is 15.1. The molecule has 0 spiro atoms. The van der Waals surface area contributed by atoms with E-state index >= 15 is 9.59 Å². The number of para-hydroxylation sites is 1. The van der Waals surface area contributed by atoms with Gasteiger partial charge in [-0.2, -0.15) is 0 Å². The third-order valence-electron chi connectivity index (χ3n) is 18.5. The van der Waals surface area contributed by atoms with E-state index in [0.717, 1.165) is 0 Å². The van der Waals surface area contributed by atoms with E-state index in [-0.39, 0.29) is 127 Å². The number of aromatic hydroxyl groups is 1. The van der Waals surface area contributed by atoms with Crippen LogP contribution < -0.4 is 105 Å². The van der Waals surface area contributed by atoms with E-state index in [0.29, 0.717) is 53.4 Å². The summed E-state index contributed by atoms with van der Waals surface area (Å²) in [7, 11) is 0. The number of guanidine groups is 3. The topological polar surface area (TPSA) is 636 Å². The molecule has 0 bridgehead atoms. The van der Waals surface area contributed by atoms with E-state index in [1.54, 1.807) is 86.8 Å². The highest BCUT2D eigenvalue weighted by Gasteiger charge is 2.42. The summed E-state index contributed by atoms with van der Waals surface area (Å²) in [5, 5.41) is 37.4. The number of aliphatic imine (C=N–C) groups is 3. The van der Waals surface area contributed by atoms with Gasteiger partial charge in [-0.15, -0.1) is 0 Å². The number of nitrogens with one attached hydrogen (secondary N) is 11. The number of hydrogen-bond donors (Lipinski definition) is 21. The SMILES string of the molecule is CC[C@H](C)[C@H](NC(=O)[C@H](CCCN=C(N)N)NC(=O)[C@H](CCCN=C(N)N)NC(=O)[C@@H]1CNC(=O)C[C@@H](NC(=O)[C@@H](N)Cc2ccc(O)cc2)C(=O)N[C@H](Cc2c[nH]c3ccccc23)C(=O)N[C@@H](Cc2ccccc2)C(=O)N1)C(=O)N[C@@H](CCCN=C(N)N)C(=O)N1CCC[C@H]1C(=O)N[C@@H](CCCCN)C(N)=O. The predicted molar refractivity (Wildman–Crippen MR) is 403 cm³/mol. The maximum Gasteiger partial charge on any atom is 0.245 e. The van der Waals surface area contributed by atoms with Crippen molar-refractivity contribution in [3.8, 4) is 5.75 Å². The molecule has 12 atom stereocenters. The normalized spacial score (nSPS) is 18.9. The van der Waals surface area contributed by atoms with Gasteiger partial charge in [-0.05, 0) is 124 Å². The van der Waals surface area contributed by atoms with E-state index in [1.807, 2.05) is 0 Å². The van der Waals surface area contributed by atoms with E-state index in [1.165, 1.54) is 17.0 Å². The van der Waals surface area contributed by atoms with Gasteiger partial charge < -0.3 is 120 Å². The summed E-state index contributed by atoms with van der Waals surface area (Å²) in [6.45, 7) is 3.03. The van der Waals surface area contributed by atoms with Crippen molar-refractivity contribution < 1.29 is 62.6 Å². The molecule has 0 radical (unpaired) electrons. The van der Waals surface area contributed by atoms with Gasteiger partial charge in [0.1, 0.15) is 66.2 Å². The zero-order chi connectivity index (χ0) is 79.0. The van der Waals surface area contributed by atoms with E-state index in [2.05, 4.69) is 73.1 Å². The number of carbonyl (C=O) groups excluding carboxylic acids is 12. The average molecular weight is 1500 g/mol. The average Bonchev–Trinajstić information content (AvgIpc) is 1.59. The van der Waals surface area contributed by atoms with Crippen molar-refractivity contribution in [3.63, 3.8) is 0 Å². The second-order valence-corrected chi connectivity index (χ2v) is 26.8. The van der Waals surface area contributed by atoms with Crippen LogP contribution >= 0.6 is 0 Å². The summed E-state index contributed by atoms with van der Waals surface area (Å²) in [5.41, 5.74) is 53.9. The molecule has 37 nitrogen and oxygen atoms in total. The van der Waals surface area contributed by atoms with Crippen LogP contribution in [-0.2, 0) is 76.8 Å². The first kappa shape index (κ1) is 85.3. The van der Waals surface area contributed by atoms with Crippen LogP contribution in [0.25, 0.3) is 10.9 Å². The van der Waals surface area contributed by atoms with E-state index in [9.17, 15) is 53.1 Å². The summed E-state index contributed by atoms with van der Waals surface area (Å²) < 4.78 is 0. The fourth-order valence-corrected chi connectivity index (χ4v) is 12.4. The third kappa shape index (κ3) is 27.4. The lowest BCUT2D eigenvalue weighted by atomic mass is 9.96. The Morgan fingerprint density at radius 2 is 1.16 bits per heavy atom. The van der Waals surface area contributed by atoms with Crippen molar-refractivity contribution in [2.24, 2.45) is 72.5 Å². The van der Waals surface area contributed by atoms with Crippen molar-refractivity contribution in [1.82, 2.24) is 63.1 Å². The van der Waals surface area contributed by atoms with Gasteiger partial charge in [-0.25, -0.2) is 0 Å². The molecular weight excluding hydrogens is 1400 g/mol. The molecule has 12 amide bonds. The van der Waals surface area contributed by atoms with Gasteiger partial charge in [-0.3, -0.25) is 72.5 Å². The molecule has 108 heavy (non-hydrogen) atoms. The Morgan fingerprint density at radius 1 is 0.602 bits per heavy atom. The lowest BCUT2D eigenvalue weighted by molar-refractivity contribution is -0.142. The summed E-state index contributed by atoms with van der Waals surface area (Å²) in [5.74, 6) is -12.1. The Balaban J connectivity index is 1.32. The number of likely N-dealkylation sites (tertiary alicyclic amines) is 1. The number of aromatic amines is 1. The molecule has 0 aliphatic carbocycles. The number of phenolic OH excluding ortho intramolecular Hbond substituents is 1. The lowest BCUT2D eigenvalue weighted by Crippen LogP contribution is -2.63. The number of nitrogens with two attached hydrogens (primary N) is 9. The highest BCUT2D eigenvalue weighted by atomic mass is 16.3. The van der Waals surface area contributed by atoms with Crippen LogP contribution in [0.4, 0.5) is 0 Å². The van der Waals surface area contributed by atoms with Crippen LogP contribution in [0.2, 0.25) is 0 Å². The minimum atomic E-state index is -1.80. The summed E-state index contributed by atoms with van der Waals surface area (Å²) in [4.78, 5) is 190. The molecule has 2 fully saturated rings. The first-order valence-corrected chi connectivity index (χ1v) is 36.1. The number of primary amides is 1. The predicted octanol–water partition coefficient (Wildman–Crippen LogP) is -5.08. The molecule has 588 valence electrons. The molecule has 2 saturated heterocycles. The number of amides is 12. The number of carbonyl (C=O) groups is 12. The molecule has 4 aromatic rings. The van der Waals surface area contributed by atoms with Gasteiger partial charge in [-0.1, -0.05) is 80.9 Å². The van der Waals surface area contributed by atoms with Crippen molar-refractivity contribution in [1.29, 1.82) is 0 Å². The Kier molecular flexibility index (Phi) is 34.0. The van der Waals surface area contributed by atoms with E-state index in [4.69, 9.17) is 51.6 Å². The molecule has 6 rings (SSSR count). The number of unbranched alkanes of at least 4 members (excludes halogenated alkanes) is 1. The first-order valence-electron chi connectivity index (χ1n) is 36.1. The molecule has 2 aliphatic rings. The summed E-state index contributed by atoms with van der Waals surface area (Å²) in [6, 6.07) is 5.72. The van der Waals surface area contributed by atoms with Crippen molar-refractivity contribution in [2.75, 3.05) is 39.3 Å². The van der Waals surface area contributed by atoms with Crippen LogP contribution in [0.5, 0.6) is 5.75 Å². The van der Waals surface area contributed by atoms with Crippen molar-refractivity contribution in [3.05, 3.63) is 102 Å². The van der Waals surface area contributed by atoms with Gasteiger partial charge in [0.05, 0.1) is 12.5 Å².